The fourth-order valence-electron chi connectivity index (χ4n) is 2.63. The van der Waals surface area contributed by atoms with Gasteiger partial charge in [0.25, 0.3) is 5.91 Å². The van der Waals surface area contributed by atoms with Gasteiger partial charge >= 0.3 is 0 Å². The molecule has 128 valence electrons. The van der Waals surface area contributed by atoms with E-state index in [-0.39, 0.29) is 23.9 Å². The first kappa shape index (κ1) is 16.8. The van der Waals surface area contributed by atoms with Gasteiger partial charge in [-0.05, 0) is 24.6 Å². The van der Waals surface area contributed by atoms with Crippen molar-refractivity contribution in [2.75, 3.05) is 6.54 Å². The summed E-state index contributed by atoms with van der Waals surface area (Å²) in [6.07, 6.45) is -0.458. The molecule has 6 heteroatoms. The minimum Gasteiger partial charge on any atom is -0.381 e. The lowest BCUT2D eigenvalue weighted by Crippen LogP contribution is -2.49. The van der Waals surface area contributed by atoms with Crippen molar-refractivity contribution in [2.45, 2.75) is 19.4 Å². The molecule has 0 aliphatic carbocycles. The molecule has 1 atom stereocenters. The van der Waals surface area contributed by atoms with Crippen LogP contribution in [0.15, 0.2) is 59.8 Å². The van der Waals surface area contributed by atoms with Gasteiger partial charge in [0.15, 0.2) is 5.78 Å². The molecule has 0 bridgehead atoms. The number of nitrogens with zero attached hydrogens (tertiary/aromatic N) is 2. The maximum absolute atomic E-state index is 13.8. The smallest absolute Gasteiger partial charge is 0.272 e. The molecular weight excluding hydrogens is 323 g/mol. The molecule has 2 aromatic carbocycles. The third-order valence-electron chi connectivity index (χ3n) is 3.98. The van der Waals surface area contributed by atoms with Crippen molar-refractivity contribution in [3.05, 3.63) is 71.5 Å². The molecule has 1 heterocycles. The number of oxime groups is 1. The molecule has 1 unspecified atom stereocenters. The zero-order chi connectivity index (χ0) is 17.8. The highest BCUT2D eigenvalue weighted by Gasteiger charge is 2.34. The SMILES string of the molecule is CC1=NOC(Cc2ccccc2)C(=O)N1CC(=O)c1ccccc1F. The van der Waals surface area contributed by atoms with Gasteiger partial charge in [-0.3, -0.25) is 14.5 Å². The molecule has 5 nitrogen and oxygen atoms in total. The van der Waals surface area contributed by atoms with Gasteiger partial charge in [-0.2, -0.15) is 0 Å². The van der Waals surface area contributed by atoms with E-state index < -0.39 is 17.7 Å². The van der Waals surface area contributed by atoms with Crippen molar-refractivity contribution in [3.8, 4) is 0 Å². The van der Waals surface area contributed by atoms with E-state index in [4.69, 9.17) is 4.84 Å². The number of hydrogen-bond acceptors (Lipinski definition) is 4. The Bertz CT molecular complexity index is 820. The number of ketones is 1. The van der Waals surface area contributed by atoms with Crippen LogP contribution >= 0.6 is 0 Å². The summed E-state index contributed by atoms with van der Waals surface area (Å²) in [6.45, 7) is 1.30. The molecule has 0 N–H and O–H groups in total. The van der Waals surface area contributed by atoms with E-state index in [9.17, 15) is 14.0 Å². The molecular formula is C19H17FN2O3. The van der Waals surface area contributed by atoms with Gasteiger partial charge in [-0.25, -0.2) is 4.39 Å². The lowest BCUT2D eigenvalue weighted by Gasteiger charge is -2.29. The van der Waals surface area contributed by atoms with Crippen molar-refractivity contribution in [1.29, 1.82) is 0 Å². The van der Waals surface area contributed by atoms with Crippen LogP contribution < -0.4 is 0 Å². The van der Waals surface area contributed by atoms with Crippen molar-refractivity contribution >= 4 is 17.5 Å². The first-order valence-corrected chi connectivity index (χ1v) is 7.89. The average Bonchev–Trinajstić information content (AvgIpc) is 2.62. The molecule has 0 saturated heterocycles. The highest BCUT2D eigenvalue weighted by molar-refractivity contribution is 6.06. The summed E-state index contributed by atoms with van der Waals surface area (Å²) >= 11 is 0. The van der Waals surface area contributed by atoms with Crippen molar-refractivity contribution in [3.63, 3.8) is 0 Å². The molecule has 1 aliphatic heterocycles. The van der Waals surface area contributed by atoms with Crippen LogP contribution in [0, 0.1) is 5.82 Å². The van der Waals surface area contributed by atoms with Crippen LogP contribution in [0.5, 0.6) is 0 Å². The zero-order valence-corrected chi connectivity index (χ0v) is 13.7. The van der Waals surface area contributed by atoms with Gasteiger partial charge in [0.1, 0.15) is 11.7 Å². The highest BCUT2D eigenvalue weighted by Crippen LogP contribution is 2.16. The first-order valence-electron chi connectivity index (χ1n) is 7.89. The van der Waals surface area contributed by atoms with E-state index in [0.717, 1.165) is 5.56 Å². The quantitative estimate of drug-likeness (QED) is 0.787. The lowest BCUT2D eigenvalue weighted by molar-refractivity contribution is -0.142. The fourth-order valence-corrected chi connectivity index (χ4v) is 2.63. The van der Waals surface area contributed by atoms with Crippen molar-refractivity contribution in [1.82, 2.24) is 4.90 Å². The number of Topliss-reactive ketones (excluding diaryl/α,β-unsaturated/α-hetero) is 1. The standard InChI is InChI=1S/C19H17FN2O3/c1-13-21-25-18(11-14-7-3-2-4-8-14)19(24)22(13)12-17(23)15-9-5-6-10-16(15)20/h2-10,18H,11-12H2,1H3. The van der Waals surface area contributed by atoms with Gasteiger partial charge in [0.05, 0.1) is 12.1 Å². The molecule has 0 saturated carbocycles. The Hall–Kier alpha value is -3.02. The summed E-state index contributed by atoms with van der Waals surface area (Å²) in [5.41, 5.74) is 0.880. The summed E-state index contributed by atoms with van der Waals surface area (Å²) in [5.74, 6) is -1.18. The lowest BCUT2D eigenvalue weighted by atomic mass is 10.1. The molecule has 2 aromatic rings. The summed E-state index contributed by atoms with van der Waals surface area (Å²) in [4.78, 5) is 31.5. The van der Waals surface area contributed by atoms with Crippen LogP contribution in [-0.2, 0) is 16.1 Å². The normalized spacial score (nSPS) is 17.0. The average molecular weight is 340 g/mol. The number of carbonyl (C=O) groups is 2. The van der Waals surface area contributed by atoms with Crippen LogP contribution in [-0.4, -0.2) is 35.1 Å². The molecule has 1 amide bonds. The second kappa shape index (κ2) is 7.25. The predicted octanol–water partition coefficient (Wildman–Crippen LogP) is 2.81. The van der Waals surface area contributed by atoms with Crippen LogP contribution in [0.3, 0.4) is 0 Å². The topological polar surface area (TPSA) is 59.0 Å². The number of carbonyl (C=O) groups excluding carboxylic acids is 2. The van der Waals surface area contributed by atoms with Gasteiger partial charge < -0.3 is 4.84 Å². The molecule has 25 heavy (non-hydrogen) atoms. The molecule has 0 spiro atoms. The number of amides is 1. The van der Waals surface area contributed by atoms with E-state index in [2.05, 4.69) is 5.16 Å². The fraction of sp³-hybridized carbons (Fsp3) is 0.211. The van der Waals surface area contributed by atoms with E-state index in [1.165, 1.54) is 23.1 Å². The number of rotatable bonds is 5. The minimum absolute atomic E-state index is 0.0470. The van der Waals surface area contributed by atoms with E-state index in [0.29, 0.717) is 6.42 Å². The number of halogens is 1. The Balaban J connectivity index is 1.75. The van der Waals surface area contributed by atoms with E-state index in [1.54, 1.807) is 13.0 Å². The second-order valence-electron chi connectivity index (χ2n) is 5.75. The summed E-state index contributed by atoms with van der Waals surface area (Å²) in [5, 5.41) is 3.88. The summed E-state index contributed by atoms with van der Waals surface area (Å²) in [6, 6.07) is 15.1. The Kier molecular flexibility index (Phi) is 4.88. The van der Waals surface area contributed by atoms with Crippen LogP contribution in [0.4, 0.5) is 4.39 Å². The monoisotopic (exact) mass is 340 g/mol. The molecule has 1 aliphatic rings. The Morgan fingerprint density at radius 2 is 1.84 bits per heavy atom. The number of benzene rings is 2. The Morgan fingerprint density at radius 3 is 2.56 bits per heavy atom. The first-order chi connectivity index (χ1) is 12.1. The predicted molar refractivity (Wildman–Crippen MR) is 90.6 cm³/mol. The second-order valence-corrected chi connectivity index (χ2v) is 5.75. The molecule has 0 fully saturated rings. The van der Waals surface area contributed by atoms with Gasteiger partial charge in [-0.1, -0.05) is 47.6 Å². The van der Waals surface area contributed by atoms with E-state index >= 15 is 0 Å². The zero-order valence-electron chi connectivity index (χ0n) is 13.7. The van der Waals surface area contributed by atoms with E-state index in [1.807, 2.05) is 30.3 Å². The Labute approximate surface area is 144 Å². The maximum Gasteiger partial charge on any atom is 0.272 e. The highest BCUT2D eigenvalue weighted by atomic mass is 19.1. The largest absolute Gasteiger partial charge is 0.381 e. The van der Waals surface area contributed by atoms with Gasteiger partial charge in [0, 0.05) is 6.42 Å². The van der Waals surface area contributed by atoms with Gasteiger partial charge in [0.2, 0.25) is 6.10 Å². The Morgan fingerprint density at radius 1 is 1.16 bits per heavy atom. The summed E-state index contributed by atoms with van der Waals surface area (Å²) in [7, 11) is 0. The number of amidine groups is 1. The van der Waals surface area contributed by atoms with Crippen LogP contribution in [0.2, 0.25) is 0 Å². The molecule has 0 aromatic heterocycles. The minimum atomic E-state index is -0.806. The molecule has 0 radical (unpaired) electrons. The van der Waals surface area contributed by atoms with Gasteiger partial charge in [-0.15, -0.1) is 0 Å². The molecule has 3 rings (SSSR count). The van der Waals surface area contributed by atoms with Crippen molar-refractivity contribution in [2.24, 2.45) is 5.16 Å². The van der Waals surface area contributed by atoms with Crippen molar-refractivity contribution < 1.29 is 18.8 Å². The summed E-state index contributed by atoms with van der Waals surface area (Å²) < 4.78 is 13.8. The third kappa shape index (κ3) is 3.74. The number of hydrogen-bond donors (Lipinski definition) is 0. The van der Waals surface area contributed by atoms with Crippen LogP contribution in [0.1, 0.15) is 22.8 Å². The van der Waals surface area contributed by atoms with Crippen LogP contribution in [0.25, 0.3) is 0 Å². The third-order valence-corrected chi connectivity index (χ3v) is 3.98. The maximum atomic E-state index is 13.8.